The van der Waals surface area contributed by atoms with Crippen molar-refractivity contribution < 1.29 is 4.79 Å². The Balaban J connectivity index is 1.69. The Bertz CT molecular complexity index is 606. The first-order valence-electron chi connectivity index (χ1n) is 7.42. The lowest BCUT2D eigenvalue weighted by Crippen LogP contribution is -2.37. The van der Waals surface area contributed by atoms with Crippen LogP contribution < -0.4 is 10.6 Å². The highest BCUT2D eigenvalue weighted by Crippen LogP contribution is 2.18. The summed E-state index contributed by atoms with van der Waals surface area (Å²) in [6.07, 6.45) is 2.51. The molecule has 0 unspecified atom stereocenters. The Kier molecular flexibility index (Phi) is 5.88. The molecule has 0 fully saturated rings. The first-order chi connectivity index (χ1) is 10.6. The van der Waals surface area contributed by atoms with E-state index in [0.717, 1.165) is 22.9 Å². The van der Waals surface area contributed by atoms with Gasteiger partial charge in [-0.1, -0.05) is 20.8 Å². The Morgan fingerprint density at radius 2 is 2.23 bits per heavy atom. The van der Waals surface area contributed by atoms with Gasteiger partial charge in [0, 0.05) is 30.8 Å². The predicted octanol–water partition coefficient (Wildman–Crippen LogP) is 1.92. The van der Waals surface area contributed by atoms with Crippen LogP contribution in [-0.4, -0.2) is 32.3 Å². The maximum atomic E-state index is 11.8. The Morgan fingerprint density at radius 3 is 2.91 bits per heavy atom. The van der Waals surface area contributed by atoms with Gasteiger partial charge >= 0.3 is 6.03 Å². The largest absolute Gasteiger partial charge is 0.336 e. The molecule has 2 rings (SSSR count). The van der Waals surface area contributed by atoms with Crippen molar-refractivity contribution in [3.63, 3.8) is 0 Å². The third-order valence-corrected chi connectivity index (χ3v) is 4.34. The molecule has 0 saturated carbocycles. The van der Waals surface area contributed by atoms with Gasteiger partial charge in [-0.15, -0.1) is 21.5 Å². The van der Waals surface area contributed by atoms with Crippen LogP contribution in [0.5, 0.6) is 0 Å². The van der Waals surface area contributed by atoms with E-state index in [1.54, 1.807) is 17.7 Å². The van der Waals surface area contributed by atoms with Gasteiger partial charge in [-0.2, -0.15) is 0 Å². The summed E-state index contributed by atoms with van der Waals surface area (Å²) in [5.74, 6) is 1.34. The van der Waals surface area contributed by atoms with Crippen molar-refractivity contribution in [1.82, 2.24) is 30.4 Å². The summed E-state index contributed by atoms with van der Waals surface area (Å²) in [5, 5.41) is 16.6. The van der Waals surface area contributed by atoms with E-state index in [4.69, 9.17) is 0 Å². The minimum absolute atomic E-state index is 0.190. The zero-order chi connectivity index (χ0) is 15.9. The van der Waals surface area contributed by atoms with Gasteiger partial charge in [0.1, 0.15) is 12.2 Å². The zero-order valence-electron chi connectivity index (χ0n) is 13.2. The van der Waals surface area contributed by atoms with E-state index < -0.39 is 0 Å². The Labute approximate surface area is 134 Å². The van der Waals surface area contributed by atoms with Crippen molar-refractivity contribution in [2.24, 2.45) is 0 Å². The second-order valence-electron chi connectivity index (χ2n) is 5.24. The van der Waals surface area contributed by atoms with E-state index in [9.17, 15) is 4.79 Å². The number of nitrogens with one attached hydrogen (secondary N) is 2. The highest BCUT2D eigenvalue weighted by Gasteiger charge is 2.07. The number of rotatable bonds is 7. The van der Waals surface area contributed by atoms with Crippen LogP contribution in [0.15, 0.2) is 11.7 Å². The molecule has 0 aliphatic carbocycles. The SMILES string of the molecule is CCc1nncn1CCNC(=O)NCc1csc(C(C)C)n1. The minimum Gasteiger partial charge on any atom is -0.336 e. The molecule has 7 nitrogen and oxygen atoms in total. The highest BCUT2D eigenvalue weighted by molar-refractivity contribution is 7.09. The van der Waals surface area contributed by atoms with Gasteiger partial charge in [-0.3, -0.25) is 0 Å². The monoisotopic (exact) mass is 322 g/mol. The molecule has 22 heavy (non-hydrogen) atoms. The maximum Gasteiger partial charge on any atom is 0.315 e. The van der Waals surface area contributed by atoms with Crippen LogP contribution in [-0.2, 0) is 19.5 Å². The van der Waals surface area contributed by atoms with Gasteiger partial charge in [-0.25, -0.2) is 9.78 Å². The molecule has 0 aliphatic rings. The Hall–Kier alpha value is -1.96. The van der Waals surface area contributed by atoms with Gasteiger partial charge < -0.3 is 15.2 Å². The molecule has 2 heterocycles. The molecule has 2 amide bonds. The molecule has 0 spiro atoms. The van der Waals surface area contributed by atoms with Crippen LogP contribution >= 0.6 is 11.3 Å². The van der Waals surface area contributed by atoms with Crippen molar-refractivity contribution in [2.45, 2.75) is 46.2 Å². The molecule has 2 N–H and O–H groups in total. The fraction of sp³-hybridized carbons (Fsp3) is 0.571. The normalized spacial score (nSPS) is 10.9. The fourth-order valence-corrected chi connectivity index (χ4v) is 2.77. The first-order valence-corrected chi connectivity index (χ1v) is 8.30. The average Bonchev–Trinajstić information content (AvgIpc) is 3.14. The van der Waals surface area contributed by atoms with Gasteiger partial charge in [0.25, 0.3) is 0 Å². The van der Waals surface area contributed by atoms with Crippen molar-refractivity contribution in [2.75, 3.05) is 6.54 Å². The minimum atomic E-state index is -0.190. The molecule has 0 atom stereocenters. The van der Waals surface area contributed by atoms with Crippen LogP contribution in [0.4, 0.5) is 4.79 Å². The highest BCUT2D eigenvalue weighted by atomic mass is 32.1. The summed E-state index contributed by atoms with van der Waals surface area (Å²) in [4.78, 5) is 16.2. The lowest BCUT2D eigenvalue weighted by atomic mass is 10.2. The summed E-state index contributed by atoms with van der Waals surface area (Å²) in [6, 6.07) is -0.190. The number of aryl methyl sites for hydroxylation is 1. The van der Waals surface area contributed by atoms with E-state index in [-0.39, 0.29) is 6.03 Å². The summed E-state index contributed by atoms with van der Waals surface area (Å²) in [5.41, 5.74) is 0.899. The van der Waals surface area contributed by atoms with Gasteiger partial charge in [0.15, 0.2) is 0 Å². The van der Waals surface area contributed by atoms with Crippen molar-refractivity contribution in [1.29, 1.82) is 0 Å². The number of hydrogen-bond donors (Lipinski definition) is 2. The zero-order valence-corrected chi connectivity index (χ0v) is 14.0. The van der Waals surface area contributed by atoms with Crippen LogP contribution in [0.2, 0.25) is 0 Å². The molecular weight excluding hydrogens is 300 g/mol. The lowest BCUT2D eigenvalue weighted by molar-refractivity contribution is 0.240. The number of amides is 2. The summed E-state index contributed by atoms with van der Waals surface area (Å²) < 4.78 is 1.94. The van der Waals surface area contributed by atoms with E-state index in [1.165, 1.54) is 0 Å². The molecule has 0 aromatic carbocycles. The molecular formula is C14H22N6OS. The van der Waals surface area contributed by atoms with Crippen LogP contribution in [0.1, 0.15) is 43.2 Å². The van der Waals surface area contributed by atoms with Gasteiger partial charge in [0.2, 0.25) is 0 Å². The third kappa shape index (κ3) is 4.52. The van der Waals surface area contributed by atoms with E-state index in [0.29, 0.717) is 25.6 Å². The van der Waals surface area contributed by atoms with Crippen molar-refractivity contribution >= 4 is 17.4 Å². The number of nitrogens with zero attached hydrogens (tertiary/aromatic N) is 4. The molecule has 0 saturated heterocycles. The standard InChI is InChI=1S/C14H22N6OS/c1-4-12-19-17-9-20(12)6-5-15-14(21)16-7-11-8-22-13(18-11)10(2)3/h8-10H,4-7H2,1-3H3,(H2,15,16,21). The first kappa shape index (κ1) is 16.4. The van der Waals surface area contributed by atoms with Crippen LogP contribution in [0.25, 0.3) is 0 Å². The number of aromatic nitrogens is 4. The number of urea groups is 1. The third-order valence-electron chi connectivity index (χ3n) is 3.14. The summed E-state index contributed by atoms with van der Waals surface area (Å²) in [6.45, 7) is 7.89. The predicted molar refractivity (Wildman–Crippen MR) is 85.8 cm³/mol. The van der Waals surface area contributed by atoms with E-state index in [1.807, 2.05) is 16.9 Å². The molecule has 2 aromatic rings. The van der Waals surface area contributed by atoms with Gasteiger partial charge in [0.05, 0.1) is 17.2 Å². The average molecular weight is 322 g/mol. The fourth-order valence-electron chi connectivity index (χ4n) is 1.93. The smallest absolute Gasteiger partial charge is 0.315 e. The topological polar surface area (TPSA) is 84.7 Å². The Morgan fingerprint density at radius 1 is 1.41 bits per heavy atom. The molecule has 2 aromatic heterocycles. The van der Waals surface area contributed by atoms with Crippen molar-refractivity contribution in [3.8, 4) is 0 Å². The molecule has 120 valence electrons. The molecule has 8 heteroatoms. The van der Waals surface area contributed by atoms with Crippen LogP contribution in [0.3, 0.4) is 0 Å². The quantitative estimate of drug-likeness (QED) is 0.815. The number of carbonyl (C=O) groups is 1. The summed E-state index contributed by atoms with van der Waals surface area (Å²) >= 11 is 1.63. The second kappa shape index (κ2) is 7.88. The summed E-state index contributed by atoms with van der Waals surface area (Å²) in [7, 11) is 0. The number of thiazole rings is 1. The van der Waals surface area contributed by atoms with Gasteiger partial charge in [-0.05, 0) is 0 Å². The van der Waals surface area contributed by atoms with Crippen LogP contribution in [0, 0.1) is 0 Å². The molecule has 0 aliphatic heterocycles. The number of hydrogen-bond acceptors (Lipinski definition) is 5. The lowest BCUT2D eigenvalue weighted by Gasteiger charge is -2.08. The maximum absolute atomic E-state index is 11.8. The van der Waals surface area contributed by atoms with Crippen molar-refractivity contribution in [3.05, 3.63) is 28.2 Å². The van der Waals surface area contributed by atoms with E-state index in [2.05, 4.69) is 39.7 Å². The van der Waals surface area contributed by atoms with E-state index >= 15 is 0 Å². The number of carbonyl (C=O) groups excluding carboxylic acids is 1. The molecule has 0 radical (unpaired) electrons. The molecule has 0 bridgehead atoms. The second-order valence-corrected chi connectivity index (χ2v) is 6.13.